The maximum Gasteiger partial charge on any atom is 0.278 e. The highest BCUT2D eigenvalue weighted by Crippen LogP contribution is 2.32. The SMILES string of the molecule is Cc1c(Cl)cccc1NC(=O)c1nnn(CC(=O)Nc2ccc3c(c2)OCCO3)c1C. The normalized spacial score (nSPS) is 12.4. The summed E-state index contributed by atoms with van der Waals surface area (Å²) in [4.78, 5) is 25.1. The van der Waals surface area contributed by atoms with Gasteiger partial charge >= 0.3 is 0 Å². The second-order valence-corrected chi connectivity index (χ2v) is 7.36. The summed E-state index contributed by atoms with van der Waals surface area (Å²) in [5.41, 5.74) is 2.51. The summed E-state index contributed by atoms with van der Waals surface area (Å²) in [5.74, 6) is 0.474. The number of hydrogen-bond acceptors (Lipinski definition) is 6. The van der Waals surface area contributed by atoms with Crippen molar-refractivity contribution in [2.45, 2.75) is 20.4 Å². The van der Waals surface area contributed by atoms with Crippen molar-refractivity contribution >= 4 is 34.8 Å². The van der Waals surface area contributed by atoms with Crippen molar-refractivity contribution in [2.24, 2.45) is 0 Å². The number of carbonyl (C=O) groups excluding carboxylic acids is 2. The molecule has 9 nitrogen and oxygen atoms in total. The molecule has 0 saturated heterocycles. The van der Waals surface area contributed by atoms with E-state index in [4.69, 9.17) is 21.1 Å². The van der Waals surface area contributed by atoms with Crippen molar-refractivity contribution in [1.82, 2.24) is 15.0 Å². The Bertz CT molecular complexity index is 1160. The minimum absolute atomic E-state index is 0.100. The van der Waals surface area contributed by atoms with Gasteiger partial charge in [0.15, 0.2) is 17.2 Å². The maximum atomic E-state index is 12.6. The zero-order valence-corrected chi connectivity index (χ0v) is 17.7. The highest BCUT2D eigenvalue weighted by Gasteiger charge is 2.19. The Morgan fingerprint density at radius 1 is 1.10 bits per heavy atom. The second-order valence-electron chi connectivity index (χ2n) is 6.95. The van der Waals surface area contributed by atoms with Gasteiger partial charge in [0.25, 0.3) is 5.91 Å². The first-order chi connectivity index (χ1) is 14.9. The number of aromatic nitrogens is 3. The Kier molecular flexibility index (Phi) is 5.77. The lowest BCUT2D eigenvalue weighted by Crippen LogP contribution is -2.21. The first-order valence-electron chi connectivity index (χ1n) is 9.58. The van der Waals surface area contributed by atoms with E-state index in [9.17, 15) is 9.59 Å². The Balaban J connectivity index is 1.42. The number of carbonyl (C=O) groups is 2. The van der Waals surface area contributed by atoms with Crippen LogP contribution in [-0.2, 0) is 11.3 Å². The van der Waals surface area contributed by atoms with Crippen molar-refractivity contribution in [3.05, 3.63) is 58.4 Å². The van der Waals surface area contributed by atoms with Gasteiger partial charge in [-0.25, -0.2) is 4.68 Å². The zero-order valence-electron chi connectivity index (χ0n) is 16.9. The first-order valence-corrected chi connectivity index (χ1v) is 9.96. The molecule has 3 aromatic rings. The van der Waals surface area contributed by atoms with E-state index in [0.717, 1.165) is 5.56 Å². The average molecular weight is 442 g/mol. The molecule has 4 rings (SSSR count). The van der Waals surface area contributed by atoms with Gasteiger partial charge in [-0.1, -0.05) is 22.9 Å². The van der Waals surface area contributed by atoms with Gasteiger partial charge in [0.2, 0.25) is 5.91 Å². The summed E-state index contributed by atoms with van der Waals surface area (Å²) in [6, 6.07) is 10.4. The summed E-state index contributed by atoms with van der Waals surface area (Å²) in [6.45, 7) is 4.34. The highest BCUT2D eigenvalue weighted by atomic mass is 35.5. The molecule has 0 fully saturated rings. The Morgan fingerprint density at radius 3 is 2.68 bits per heavy atom. The van der Waals surface area contributed by atoms with Crippen LogP contribution in [-0.4, -0.2) is 40.0 Å². The largest absolute Gasteiger partial charge is 0.486 e. The van der Waals surface area contributed by atoms with Gasteiger partial charge in [-0.3, -0.25) is 9.59 Å². The quantitative estimate of drug-likeness (QED) is 0.629. The van der Waals surface area contributed by atoms with E-state index in [1.165, 1.54) is 4.68 Å². The molecule has 0 unspecified atom stereocenters. The monoisotopic (exact) mass is 441 g/mol. The molecule has 2 amide bonds. The number of benzene rings is 2. The van der Waals surface area contributed by atoms with E-state index in [1.54, 1.807) is 43.3 Å². The van der Waals surface area contributed by atoms with Crippen LogP contribution in [0.15, 0.2) is 36.4 Å². The van der Waals surface area contributed by atoms with E-state index in [1.807, 2.05) is 6.92 Å². The van der Waals surface area contributed by atoms with Crippen LogP contribution in [0.25, 0.3) is 0 Å². The third-order valence-corrected chi connectivity index (χ3v) is 5.24. The zero-order chi connectivity index (χ0) is 22.0. The standard InChI is InChI=1S/C21H20ClN5O4/c1-12-15(22)4-3-5-16(12)24-21(29)20-13(2)27(26-25-20)11-19(28)23-14-6-7-17-18(10-14)31-9-8-30-17/h3-7,10H,8-9,11H2,1-2H3,(H,23,28)(H,24,29). The molecule has 2 N–H and O–H groups in total. The van der Waals surface area contributed by atoms with Gasteiger partial charge in [0.1, 0.15) is 19.8 Å². The fourth-order valence-electron chi connectivity index (χ4n) is 3.10. The van der Waals surface area contributed by atoms with E-state index in [0.29, 0.717) is 46.8 Å². The van der Waals surface area contributed by atoms with Crippen LogP contribution < -0.4 is 20.1 Å². The minimum Gasteiger partial charge on any atom is -0.486 e. The predicted octanol–water partition coefficient (Wildman–Crippen LogP) is 3.21. The van der Waals surface area contributed by atoms with Gasteiger partial charge in [0.05, 0.1) is 5.69 Å². The van der Waals surface area contributed by atoms with Crippen LogP contribution in [0.3, 0.4) is 0 Å². The predicted molar refractivity (Wildman–Crippen MR) is 115 cm³/mol. The molecule has 160 valence electrons. The second kappa shape index (κ2) is 8.65. The number of amides is 2. The lowest BCUT2D eigenvalue weighted by molar-refractivity contribution is -0.117. The number of nitrogens with zero attached hydrogens (tertiary/aromatic N) is 3. The summed E-state index contributed by atoms with van der Waals surface area (Å²) in [7, 11) is 0. The minimum atomic E-state index is -0.429. The maximum absolute atomic E-state index is 12.6. The molecule has 1 aliphatic heterocycles. The van der Waals surface area contributed by atoms with Crippen LogP contribution in [0.4, 0.5) is 11.4 Å². The molecule has 10 heteroatoms. The highest BCUT2D eigenvalue weighted by molar-refractivity contribution is 6.31. The van der Waals surface area contributed by atoms with Crippen LogP contribution >= 0.6 is 11.6 Å². The first kappa shape index (κ1) is 20.7. The third-order valence-electron chi connectivity index (χ3n) is 4.83. The van der Waals surface area contributed by atoms with Crippen molar-refractivity contribution in [3.63, 3.8) is 0 Å². The van der Waals surface area contributed by atoms with E-state index in [2.05, 4.69) is 20.9 Å². The van der Waals surface area contributed by atoms with Gasteiger partial charge < -0.3 is 20.1 Å². The van der Waals surface area contributed by atoms with Crippen LogP contribution in [0.1, 0.15) is 21.7 Å². The molecular weight excluding hydrogens is 422 g/mol. The average Bonchev–Trinajstić information content (AvgIpc) is 3.11. The van der Waals surface area contributed by atoms with Crippen molar-refractivity contribution in [3.8, 4) is 11.5 Å². The molecule has 0 spiro atoms. The van der Waals surface area contributed by atoms with Gasteiger partial charge in [0, 0.05) is 22.5 Å². The van der Waals surface area contributed by atoms with E-state index < -0.39 is 5.91 Å². The molecule has 0 atom stereocenters. The molecule has 2 heterocycles. The topological polar surface area (TPSA) is 107 Å². The number of nitrogens with one attached hydrogen (secondary N) is 2. The molecule has 1 aromatic heterocycles. The molecular formula is C21H20ClN5O4. The van der Waals surface area contributed by atoms with Gasteiger partial charge in [-0.2, -0.15) is 0 Å². The molecule has 31 heavy (non-hydrogen) atoms. The summed E-state index contributed by atoms with van der Waals surface area (Å²) >= 11 is 6.10. The molecule has 0 aliphatic carbocycles. The molecule has 1 aliphatic rings. The van der Waals surface area contributed by atoms with Gasteiger partial charge in [-0.05, 0) is 43.7 Å². The van der Waals surface area contributed by atoms with E-state index >= 15 is 0 Å². The fourth-order valence-corrected chi connectivity index (χ4v) is 3.28. The third kappa shape index (κ3) is 4.46. The lowest BCUT2D eigenvalue weighted by atomic mass is 10.2. The Morgan fingerprint density at radius 2 is 1.87 bits per heavy atom. The number of halogens is 1. The van der Waals surface area contributed by atoms with Crippen molar-refractivity contribution in [2.75, 3.05) is 23.8 Å². The van der Waals surface area contributed by atoms with Crippen LogP contribution in [0, 0.1) is 13.8 Å². The lowest BCUT2D eigenvalue weighted by Gasteiger charge is -2.19. The smallest absolute Gasteiger partial charge is 0.278 e. The summed E-state index contributed by atoms with van der Waals surface area (Å²) < 4.78 is 12.4. The Labute approximate surface area is 183 Å². The fraction of sp³-hybridized carbons (Fsp3) is 0.238. The number of fused-ring (bicyclic) bond motifs is 1. The summed E-state index contributed by atoms with van der Waals surface area (Å²) in [6.07, 6.45) is 0. The number of hydrogen-bond donors (Lipinski definition) is 2. The van der Waals surface area contributed by atoms with Crippen LogP contribution in [0.2, 0.25) is 5.02 Å². The van der Waals surface area contributed by atoms with Crippen LogP contribution in [0.5, 0.6) is 11.5 Å². The Hall–Kier alpha value is -3.59. The van der Waals surface area contributed by atoms with Crippen molar-refractivity contribution < 1.29 is 19.1 Å². The molecule has 0 saturated carbocycles. The van der Waals surface area contributed by atoms with Crippen molar-refractivity contribution in [1.29, 1.82) is 0 Å². The number of anilines is 2. The molecule has 0 radical (unpaired) electrons. The van der Waals surface area contributed by atoms with Gasteiger partial charge in [-0.15, -0.1) is 5.10 Å². The number of ether oxygens (including phenoxy) is 2. The molecule has 2 aromatic carbocycles. The number of rotatable bonds is 5. The molecule has 0 bridgehead atoms. The summed E-state index contributed by atoms with van der Waals surface area (Å²) in [5, 5.41) is 14.0. The van der Waals surface area contributed by atoms with E-state index in [-0.39, 0.29) is 18.1 Å².